The van der Waals surface area contributed by atoms with Crippen molar-refractivity contribution in [3.8, 4) is 0 Å². The van der Waals surface area contributed by atoms with Crippen LogP contribution in [-0.4, -0.2) is 5.91 Å². The number of amides is 1. The van der Waals surface area contributed by atoms with Crippen LogP contribution in [0.2, 0.25) is 0 Å². The molecule has 1 amide bonds. The molecule has 0 aromatic rings. The minimum Gasteiger partial charge on any atom is -0.293 e. The molecule has 0 N–H and O–H groups in total. The quantitative estimate of drug-likeness (QED) is 0.341. The Hall–Kier alpha value is -1.02. The fourth-order valence-corrected chi connectivity index (χ4v) is 1.55. The lowest BCUT2D eigenvalue weighted by Crippen LogP contribution is -2.01. The zero-order chi connectivity index (χ0) is 8.10. The molecule has 1 rings (SSSR count). The first-order valence-corrected chi connectivity index (χ1v) is 3.91. The van der Waals surface area contributed by atoms with E-state index >= 15 is 0 Å². The van der Waals surface area contributed by atoms with Gasteiger partial charge in [0.25, 0.3) is 0 Å². The van der Waals surface area contributed by atoms with Crippen LogP contribution in [0.4, 0.5) is 0 Å². The summed E-state index contributed by atoms with van der Waals surface area (Å²) in [5.41, 5.74) is 7.95. The van der Waals surface area contributed by atoms with Gasteiger partial charge >= 0.3 is 0 Å². The van der Waals surface area contributed by atoms with Gasteiger partial charge in [-0.05, 0) is 16.6 Å². The Morgan fingerprint density at radius 2 is 2.18 bits per heavy atom. The van der Waals surface area contributed by atoms with E-state index < -0.39 is 0 Å². The molecular formula is C7H11N3O. The number of carbonyl (C=O) groups is 1. The minimum atomic E-state index is -0.306. The van der Waals surface area contributed by atoms with Crippen LogP contribution in [0.25, 0.3) is 10.4 Å². The number of rotatable bonds is 2. The van der Waals surface area contributed by atoms with Crippen LogP contribution in [0, 0.1) is 5.92 Å². The van der Waals surface area contributed by atoms with E-state index in [1.165, 1.54) is 12.8 Å². The predicted molar refractivity (Wildman–Crippen MR) is 40.7 cm³/mol. The first-order valence-electron chi connectivity index (χ1n) is 3.91. The molecule has 60 valence electrons. The van der Waals surface area contributed by atoms with Crippen molar-refractivity contribution in [2.75, 3.05) is 0 Å². The Labute approximate surface area is 65.2 Å². The van der Waals surface area contributed by atoms with E-state index in [-0.39, 0.29) is 5.91 Å². The molecular weight excluding hydrogens is 142 g/mol. The normalized spacial score (nSPS) is 17.8. The highest BCUT2D eigenvalue weighted by atomic mass is 16.1. The van der Waals surface area contributed by atoms with Crippen molar-refractivity contribution >= 4 is 5.91 Å². The number of azide groups is 1. The molecule has 0 spiro atoms. The van der Waals surface area contributed by atoms with Crippen LogP contribution in [0.15, 0.2) is 5.11 Å². The molecule has 0 aromatic carbocycles. The third-order valence-electron chi connectivity index (χ3n) is 2.09. The average molecular weight is 153 g/mol. The van der Waals surface area contributed by atoms with Gasteiger partial charge in [-0.3, -0.25) is 4.79 Å². The van der Waals surface area contributed by atoms with Gasteiger partial charge in [0.1, 0.15) is 0 Å². The van der Waals surface area contributed by atoms with E-state index in [9.17, 15) is 4.79 Å². The van der Waals surface area contributed by atoms with Crippen molar-refractivity contribution in [1.82, 2.24) is 0 Å². The van der Waals surface area contributed by atoms with Gasteiger partial charge in [0.2, 0.25) is 5.91 Å². The molecule has 1 fully saturated rings. The molecule has 0 aromatic heterocycles. The van der Waals surface area contributed by atoms with Crippen LogP contribution in [0.5, 0.6) is 0 Å². The van der Waals surface area contributed by atoms with E-state index in [1.807, 2.05) is 0 Å². The Bertz CT molecular complexity index is 190. The van der Waals surface area contributed by atoms with E-state index in [4.69, 9.17) is 5.53 Å². The molecule has 0 unspecified atom stereocenters. The van der Waals surface area contributed by atoms with E-state index in [0.29, 0.717) is 12.3 Å². The second kappa shape index (κ2) is 3.98. The van der Waals surface area contributed by atoms with Gasteiger partial charge in [0, 0.05) is 11.3 Å². The van der Waals surface area contributed by atoms with Crippen LogP contribution in [0.1, 0.15) is 32.1 Å². The molecule has 1 aliphatic carbocycles. The summed E-state index contributed by atoms with van der Waals surface area (Å²) in [7, 11) is 0. The molecule has 11 heavy (non-hydrogen) atoms. The molecule has 1 aliphatic rings. The molecule has 0 heterocycles. The molecule has 0 bridgehead atoms. The fraction of sp³-hybridized carbons (Fsp3) is 0.857. The van der Waals surface area contributed by atoms with Crippen molar-refractivity contribution in [3.63, 3.8) is 0 Å². The van der Waals surface area contributed by atoms with Gasteiger partial charge < -0.3 is 0 Å². The number of nitrogens with zero attached hydrogens (tertiary/aromatic N) is 3. The van der Waals surface area contributed by atoms with Gasteiger partial charge in [-0.15, -0.1) is 0 Å². The average Bonchev–Trinajstić information content (AvgIpc) is 2.40. The van der Waals surface area contributed by atoms with Crippen molar-refractivity contribution < 1.29 is 4.79 Å². The van der Waals surface area contributed by atoms with Crippen molar-refractivity contribution in [3.05, 3.63) is 10.4 Å². The summed E-state index contributed by atoms with van der Waals surface area (Å²) in [6.45, 7) is 0. The Morgan fingerprint density at radius 1 is 1.55 bits per heavy atom. The monoisotopic (exact) mass is 153 g/mol. The molecule has 0 aliphatic heterocycles. The van der Waals surface area contributed by atoms with Gasteiger partial charge in [-0.25, -0.2) is 0 Å². The van der Waals surface area contributed by atoms with E-state index in [1.54, 1.807) is 0 Å². The summed E-state index contributed by atoms with van der Waals surface area (Å²) in [6.07, 6.45) is 5.12. The SMILES string of the molecule is [N-]=[N+]=NC(=O)CC1CCCC1. The smallest absolute Gasteiger partial charge is 0.219 e. The molecule has 1 saturated carbocycles. The number of carbonyl (C=O) groups excluding carboxylic acids is 1. The maximum Gasteiger partial charge on any atom is 0.219 e. The predicted octanol–water partition coefficient (Wildman–Crippen LogP) is 2.40. The zero-order valence-corrected chi connectivity index (χ0v) is 6.36. The maximum absolute atomic E-state index is 10.8. The largest absolute Gasteiger partial charge is 0.293 e. The van der Waals surface area contributed by atoms with Gasteiger partial charge in [0.05, 0.1) is 0 Å². The van der Waals surface area contributed by atoms with Crippen LogP contribution in [-0.2, 0) is 4.79 Å². The third-order valence-corrected chi connectivity index (χ3v) is 2.09. The minimum absolute atomic E-state index is 0.306. The maximum atomic E-state index is 10.8. The molecule has 0 atom stereocenters. The lowest BCUT2D eigenvalue weighted by Gasteiger charge is -2.02. The first kappa shape index (κ1) is 8.08. The summed E-state index contributed by atoms with van der Waals surface area (Å²) < 4.78 is 0. The summed E-state index contributed by atoms with van der Waals surface area (Å²) in [4.78, 5) is 13.2. The Kier molecular flexibility index (Phi) is 2.93. The summed E-state index contributed by atoms with van der Waals surface area (Å²) >= 11 is 0. The highest BCUT2D eigenvalue weighted by Crippen LogP contribution is 2.27. The number of hydrogen-bond donors (Lipinski definition) is 0. The van der Waals surface area contributed by atoms with Crippen molar-refractivity contribution in [1.29, 1.82) is 0 Å². The van der Waals surface area contributed by atoms with Crippen LogP contribution in [0.3, 0.4) is 0 Å². The lowest BCUT2D eigenvalue weighted by molar-refractivity contribution is -0.118. The molecule has 4 nitrogen and oxygen atoms in total. The molecule has 4 heteroatoms. The fourth-order valence-electron chi connectivity index (χ4n) is 1.55. The van der Waals surface area contributed by atoms with Gasteiger partial charge in [-0.1, -0.05) is 25.7 Å². The second-order valence-corrected chi connectivity index (χ2v) is 2.94. The van der Waals surface area contributed by atoms with Crippen molar-refractivity contribution in [2.45, 2.75) is 32.1 Å². The number of hydrogen-bond acceptors (Lipinski definition) is 1. The van der Waals surface area contributed by atoms with Crippen molar-refractivity contribution in [2.24, 2.45) is 11.0 Å². The van der Waals surface area contributed by atoms with E-state index in [2.05, 4.69) is 10.0 Å². The topological polar surface area (TPSA) is 65.8 Å². The Balaban J connectivity index is 2.29. The zero-order valence-electron chi connectivity index (χ0n) is 6.36. The highest BCUT2D eigenvalue weighted by molar-refractivity contribution is 5.76. The second-order valence-electron chi connectivity index (χ2n) is 2.94. The highest BCUT2D eigenvalue weighted by Gasteiger charge is 2.17. The standard InChI is InChI=1S/C7H11N3O/c8-10-9-7(11)5-6-3-1-2-4-6/h6H,1-5H2. The van der Waals surface area contributed by atoms with E-state index in [0.717, 1.165) is 12.8 Å². The van der Waals surface area contributed by atoms with Gasteiger partial charge in [-0.2, -0.15) is 0 Å². The Morgan fingerprint density at radius 3 is 2.73 bits per heavy atom. The molecule has 0 saturated heterocycles. The lowest BCUT2D eigenvalue weighted by atomic mass is 10.0. The summed E-state index contributed by atoms with van der Waals surface area (Å²) in [6, 6.07) is 0. The molecule has 0 radical (unpaired) electrons. The van der Waals surface area contributed by atoms with Gasteiger partial charge in [0.15, 0.2) is 0 Å². The summed E-state index contributed by atoms with van der Waals surface area (Å²) in [5.74, 6) is 0.174. The first-order chi connectivity index (χ1) is 5.33. The van der Waals surface area contributed by atoms with Crippen LogP contribution < -0.4 is 0 Å². The van der Waals surface area contributed by atoms with Crippen LogP contribution >= 0.6 is 0 Å². The third kappa shape index (κ3) is 2.60. The summed E-state index contributed by atoms with van der Waals surface area (Å²) in [5, 5.41) is 3.03.